The zero-order valence-electron chi connectivity index (χ0n) is 17.4. The first kappa shape index (κ1) is 22.1. The molecular weight excluding hydrogens is 492 g/mol. The molecule has 0 aromatic heterocycles. The molecule has 1 aliphatic heterocycles. The molecule has 9 nitrogen and oxygen atoms in total. The first-order valence-corrected chi connectivity index (χ1v) is 10.5. The van der Waals surface area contributed by atoms with Crippen molar-refractivity contribution < 1.29 is 24.2 Å². The van der Waals surface area contributed by atoms with E-state index >= 15 is 0 Å². The second-order valence-electron chi connectivity index (χ2n) is 7.01. The van der Waals surface area contributed by atoms with Crippen molar-refractivity contribution in [2.24, 2.45) is 10.2 Å². The first-order chi connectivity index (χ1) is 15.8. The van der Waals surface area contributed by atoms with E-state index in [9.17, 15) is 24.8 Å². The van der Waals surface area contributed by atoms with Gasteiger partial charge < -0.3 is 9.84 Å². The zero-order valence-corrected chi connectivity index (χ0v) is 19.0. The van der Waals surface area contributed by atoms with Gasteiger partial charge in [0.2, 0.25) is 0 Å². The van der Waals surface area contributed by atoms with Gasteiger partial charge in [0.15, 0.2) is 5.75 Å². The van der Waals surface area contributed by atoms with Gasteiger partial charge in [-0.3, -0.25) is 14.5 Å². The molecule has 0 atom stereocenters. The Morgan fingerprint density at radius 3 is 2.55 bits per heavy atom. The Balaban J connectivity index is 1.93. The summed E-state index contributed by atoms with van der Waals surface area (Å²) < 4.78 is 4.88. The Morgan fingerprint density at radius 2 is 1.88 bits per heavy atom. The van der Waals surface area contributed by atoms with E-state index < -0.39 is 23.5 Å². The molecule has 4 rings (SSSR count). The summed E-state index contributed by atoms with van der Waals surface area (Å²) in [5, 5.41) is 29.7. The molecule has 0 fully saturated rings. The number of carbonyl (C=O) groups excluding carboxylic acids is 3. The van der Waals surface area contributed by atoms with Gasteiger partial charge in [-0.25, -0.2) is 4.79 Å². The molecule has 164 valence electrons. The van der Waals surface area contributed by atoms with Crippen LogP contribution in [0.25, 0.3) is 10.8 Å². The summed E-state index contributed by atoms with van der Waals surface area (Å²) in [5.74, 6) is -2.20. The number of phenols is 1. The largest absolute Gasteiger partial charge is 0.505 e. The van der Waals surface area contributed by atoms with E-state index in [-0.39, 0.29) is 44.6 Å². The number of nitriles is 1. The van der Waals surface area contributed by atoms with Gasteiger partial charge in [0.1, 0.15) is 23.0 Å². The van der Waals surface area contributed by atoms with Gasteiger partial charge in [0.05, 0.1) is 28.3 Å². The fourth-order valence-electron chi connectivity index (χ4n) is 3.64. The summed E-state index contributed by atoms with van der Waals surface area (Å²) in [6.45, 7) is 1.85. The third kappa shape index (κ3) is 3.43. The van der Waals surface area contributed by atoms with Crippen LogP contribution in [0.15, 0.2) is 51.1 Å². The number of benzene rings is 3. The molecule has 0 saturated carbocycles. The average Bonchev–Trinajstić information content (AvgIpc) is 3.07. The molecule has 0 aliphatic carbocycles. The molecule has 0 spiro atoms. The summed E-state index contributed by atoms with van der Waals surface area (Å²) >= 11 is 3.30. The maximum absolute atomic E-state index is 12.7. The van der Waals surface area contributed by atoms with Crippen molar-refractivity contribution in [2.45, 2.75) is 6.92 Å². The Morgan fingerprint density at radius 1 is 1.18 bits per heavy atom. The van der Waals surface area contributed by atoms with Crippen LogP contribution in [0.3, 0.4) is 0 Å². The van der Waals surface area contributed by atoms with Crippen molar-refractivity contribution in [1.82, 2.24) is 4.90 Å². The monoisotopic (exact) mass is 506 g/mol. The summed E-state index contributed by atoms with van der Waals surface area (Å²) in [5.41, 5.74) is 0.108. The van der Waals surface area contributed by atoms with E-state index in [2.05, 4.69) is 26.2 Å². The highest BCUT2D eigenvalue weighted by molar-refractivity contribution is 9.10. The second kappa shape index (κ2) is 8.44. The SMILES string of the molecule is CCN1C(=O)c2cc(C#N)c(N=Nc3c(O)c(C(=O)OC)cc4ccccc34)c(Br)c2C1=O. The van der Waals surface area contributed by atoms with Gasteiger partial charge in [0, 0.05) is 11.9 Å². The Hall–Kier alpha value is -4.10. The summed E-state index contributed by atoms with van der Waals surface area (Å²) in [6, 6.07) is 11.6. The highest BCUT2D eigenvalue weighted by Gasteiger charge is 2.38. The van der Waals surface area contributed by atoms with E-state index in [0.717, 1.165) is 4.90 Å². The number of azo groups is 1. The summed E-state index contributed by atoms with van der Waals surface area (Å²) in [4.78, 5) is 38.4. The smallest absolute Gasteiger partial charge is 0.341 e. The van der Waals surface area contributed by atoms with Crippen LogP contribution in [0.4, 0.5) is 11.4 Å². The molecule has 2 amide bonds. The lowest BCUT2D eigenvalue weighted by atomic mass is 10.0. The third-order valence-electron chi connectivity index (χ3n) is 5.26. The lowest BCUT2D eigenvalue weighted by Gasteiger charge is -2.10. The standard InChI is InChI=1S/C23H15BrN4O5/c1-3-28-21(30)14-9-12(10-25)18(17(24)16(14)22(28)31)26-27-19-13-7-5-4-6-11(13)8-15(20(19)29)23(32)33-2/h4-9,29H,3H2,1-2H3. The topological polar surface area (TPSA) is 132 Å². The number of ether oxygens (including phenoxy) is 1. The predicted octanol–water partition coefficient (Wildman–Crippen LogP) is 5.00. The molecule has 3 aromatic carbocycles. The number of amides is 2. The highest BCUT2D eigenvalue weighted by atomic mass is 79.9. The normalized spacial score (nSPS) is 13.0. The van der Waals surface area contributed by atoms with Crippen LogP contribution in [-0.4, -0.2) is 41.4 Å². The van der Waals surface area contributed by atoms with Crippen LogP contribution < -0.4 is 0 Å². The number of phenolic OH excluding ortho intramolecular Hbond substituents is 1. The van der Waals surface area contributed by atoms with Crippen LogP contribution in [0.2, 0.25) is 0 Å². The number of nitrogens with zero attached hydrogens (tertiary/aromatic N) is 4. The van der Waals surface area contributed by atoms with Crippen molar-refractivity contribution in [3.05, 3.63) is 63.1 Å². The number of methoxy groups -OCH3 is 1. The summed E-state index contributed by atoms with van der Waals surface area (Å²) in [7, 11) is 1.19. The van der Waals surface area contributed by atoms with Gasteiger partial charge in [0.25, 0.3) is 11.8 Å². The minimum Gasteiger partial charge on any atom is -0.505 e. The van der Waals surface area contributed by atoms with Crippen molar-refractivity contribution in [1.29, 1.82) is 5.26 Å². The molecule has 0 radical (unpaired) electrons. The second-order valence-corrected chi connectivity index (χ2v) is 7.80. The number of carbonyl (C=O) groups is 3. The molecule has 33 heavy (non-hydrogen) atoms. The molecule has 3 aromatic rings. The van der Waals surface area contributed by atoms with E-state index in [1.165, 1.54) is 19.2 Å². The summed E-state index contributed by atoms with van der Waals surface area (Å²) in [6.07, 6.45) is 0. The highest BCUT2D eigenvalue weighted by Crippen LogP contribution is 2.43. The number of rotatable bonds is 4. The van der Waals surface area contributed by atoms with Gasteiger partial charge in [-0.1, -0.05) is 24.3 Å². The van der Waals surface area contributed by atoms with E-state index in [1.54, 1.807) is 31.2 Å². The van der Waals surface area contributed by atoms with E-state index in [4.69, 9.17) is 4.74 Å². The molecule has 1 heterocycles. The minimum atomic E-state index is -0.755. The van der Waals surface area contributed by atoms with Crippen LogP contribution in [0.1, 0.15) is 43.6 Å². The van der Waals surface area contributed by atoms with Crippen molar-refractivity contribution in [3.8, 4) is 11.8 Å². The van der Waals surface area contributed by atoms with Crippen LogP contribution in [-0.2, 0) is 4.74 Å². The van der Waals surface area contributed by atoms with E-state index in [0.29, 0.717) is 10.8 Å². The number of fused-ring (bicyclic) bond motifs is 2. The molecule has 0 bridgehead atoms. The van der Waals surface area contributed by atoms with Gasteiger partial charge in [-0.05, 0) is 40.4 Å². The molecular formula is C23H15BrN4O5. The minimum absolute atomic E-state index is 0.0106. The number of hydrogen-bond donors (Lipinski definition) is 1. The molecule has 10 heteroatoms. The van der Waals surface area contributed by atoms with Gasteiger partial charge >= 0.3 is 5.97 Å². The molecule has 1 N–H and O–H groups in total. The van der Waals surface area contributed by atoms with Crippen molar-refractivity contribution in [2.75, 3.05) is 13.7 Å². The zero-order chi connectivity index (χ0) is 23.9. The maximum atomic E-state index is 12.7. The van der Waals surface area contributed by atoms with Gasteiger partial charge in [-0.2, -0.15) is 5.26 Å². The lowest BCUT2D eigenvalue weighted by molar-refractivity contribution is 0.0595. The Bertz CT molecular complexity index is 1440. The predicted molar refractivity (Wildman–Crippen MR) is 121 cm³/mol. The van der Waals surface area contributed by atoms with Crippen LogP contribution >= 0.6 is 15.9 Å². The Kier molecular flexibility index (Phi) is 5.66. The number of halogens is 1. The van der Waals surface area contributed by atoms with E-state index in [1.807, 2.05) is 6.07 Å². The van der Waals surface area contributed by atoms with Crippen molar-refractivity contribution in [3.63, 3.8) is 0 Å². The quantitative estimate of drug-likeness (QED) is 0.300. The van der Waals surface area contributed by atoms with Crippen molar-refractivity contribution >= 4 is 55.9 Å². The third-order valence-corrected chi connectivity index (χ3v) is 6.03. The number of imide groups is 1. The molecule has 1 aliphatic rings. The van der Waals surface area contributed by atoms with Crippen LogP contribution in [0, 0.1) is 11.3 Å². The fraction of sp³-hybridized carbons (Fsp3) is 0.130. The molecule has 0 unspecified atom stereocenters. The lowest BCUT2D eigenvalue weighted by Crippen LogP contribution is -2.29. The van der Waals surface area contributed by atoms with Gasteiger partial charge in [-0.15, -0.1) is 10.2 Å². The number of esters is 1. The Labute approximate surface area is 196 Å². The van der Waals surface area contributed by atoms with Crippen LogP contribution in [0.5, 0.6) is 5.75 Å². The number of hydrogen-bond acceptors (Lipinski definition) is 8. The molecule has 0 saturated heterocycles. The fourth-order valence-corrected chi connectivity index (χ4v) is 4.32. The maximum Gasteiger partial charge on any atom is 0.341 e. The first-order valence-electron chi connectivity index (χ1n) is 9.71. The number of aromatic hydroxyl groups is 1. The average molecular weight is 507 g/mol.